The van der Waals surface area contributed by atoms with Crippen LogP contribution in [0, 0.1) is 0 Å². The lowest BCUT2D eigenvalue weighted by Crippen LogP contribution is -2.13. The second-order valence-corrected chi connectivity index (χ2v) is 5.82. The van der Waals surface area contributed by atoms with Gasteiger partial charge in [-0.25, -0.2) is 0 Å². The van der Waals surface area contributed by atoms with Crippen molar-refractivity contribution in [3.8, 4) is 5.75 Å². The maximum atomic E-state index is 5.62. The van der Waals surface area contributed by atoms with E-state index < -0.39 is 0 Å². The van der Waals surface area contributed by atoms with Gasteiger partial charge in [0.1, 0.15) is 5.75 Å². The Balaban J connectivity index is 0.00000180. The van der Waals surface area contributed by atoms with E-state index in [4.69, 9.17) is 4.74 Å². The van der Waals surface area contributed by atoms with E-state index in [-0.39, 0.29) is 12.4 Å². The molecule has 0 aliphatic rings. The predicted octanol–water partition coefficient (Wildman–Crippen LogP) is 4.62. The summed E-state index contributed by atoms with van der Waals surface area (Å²) >= 11 is 5.27. The fourth-order valence-corrected chi connectivity index (χ4v) is 2.80. The minimum atomic E-state index is 0. The molecule has 2 rings (SSSR count). The average Bonchev–Trinajstić information content (AvgIpc) is 2.86. The van der Waals surface area contributed by atoms with Crippen LogP contribution in [0.15, 0.2) is 40.2 Å². The molecule has 2 aromatic rings. The maximum absolute atomic E-state index is 5.62. The number of hydrogen-bond acceptors (Lipinski definition) is 3. The molecule has 0 atom stereocenters. The molecule has 1 aromatic heterocycles. The second-order valence-electron chi connectivity index (χ2n) is 3.87. The predicted molar refractivity (Wildman–Crippen MR) is 87.4 cm³/mol. The van der Waals surface area contributed by atoms with E-state index >= 15 is 0 Å². The molecule has 0 radical (unpaired) electrons. The SMILES string of the molecule is CCOc1ccc(Br)cc1CNCc1cccs1.Cl. The summed E-state index contributed by atoms with van der Waals surface area (Å²) in [5.74, 6) is 0.958. The highest BCUT2D eigenvalue weighted by Crippen LogP contribution is 2.23. The lowest BCUT2D eigenvalue weighted by atomic mass is 10.2. The van der Waals surface area contributed by atoms with Crippen molar-refractivity contribution in [1.29, 1.82) is 0 Å². The fourth-order valence-electron chi connectivity index (χ4n) is 1.72. The third kappa shape index (κ3) is 5.15. The van der Waals surface area contributed by atoms with Crippen LogP contribution in [0.4, 0.5) is 0 Å². The Bertz CT molecular complexity index is 490. The Morgan fingerprint density at radius 1 is 1.26 bits per heavy atom. The van der Waals surface area contributed by atoms with Gasteiger partial charge in [-0.05, 0) is 36.6 Å². The van der Waals surface area contributed by atoms with Crippen molar-refractivity contribution in [2.24, 2.45) is 0 Å². The Morgan fingerprint density at radius 2 is 2.11 bits per heavy atom. The van der Waals surface area contributed by atoms with Gasteiger partial charge >= 0.3 is 0 Å². The molecule has 1 aromatic carbocycles. The summed E-state index contributed by atoms with van der Waals surface area (Å²) in [5, 5.41) is 5.54. The third-order valence-corrected chi connectivity index (χ3v) is 3.89. The first-order valence-corrected chi connectivity index (χ1v) is 7.61. The van der Waals surface area contributed by atoms with Crippen molar-refractivity contribution in [2.75, 3.05) is 6.61 Å². The Kier molecular flexibility index (Phi) is 7.46. The molecule has 1 N–H and O–H groups in total. The molecule has 0 fully saturated rings. The van der Waals surface area contributed by atoms with Crippen LogP contribution in [-0.2, 0) is 13.1 Å². The standard InChI is InChI=1S/C14H16BrNOS.ClH/c1-2-17-14-6-5-12(15)8-11(14)9-16-10-13-4-3-7-18-13;/h3-8,16H,2,9-10H2,1H3;1H. The van der Waals surface area contributed by atoms with Crippen molar-refractivity contribution < 1.29 is 4.74 Å². The minimum Gasteiger partial charge on any atom is -0.494 e. The summed E-state index contributed by atoms with van der Waals surface area (Å²) in [6, 6.07) is 10.3. The zero-order valence-corrected chi connectivity index (χ0v) is 13.9. The molecular weight excluding hydrogens is 346 g/mol. The number of benzene rings is 1. The Morgan fingerprint density at radius 3 is 2.79 bits per heavy atom. The third-order valence-electron chi connectivity index (χ3n) is 2.52. The van der Waals surface area contributed by atoms with Crippen LogP contribution in [0.3, 0.4) is 0 Å². The lowest BCUT2D eigenvalue weighted by Gasteiger charge is -2.11. The fraction of sp³-hybridized carbons (Fsp3) is 0.286. The van der Waals surface area contributed by atoms with E-state index in [2.05, 4.69) is 44.8 Å². The van der Waals surface area contributed by atoms with Crippen LogP contribution in [0.2, 0.25) is 0 Å². The summed E-state index contributed by atoms with van der Waals surface area (Å²) in [5.41, 5.74) is 1.18. The van der Waals surface area contributed by atoms with Crippen LogP contribution in [0.5, 0.6) is 5.75 Å². The van der Waals surface area contributed by atoms with Crippen molar-refractivity contribution in [3.05, 3.63) is 50.6 Å². The van der Waals surface area contributed by atoms with Gasteiger partial charge in [-0.15, -0.1) is 23.7 Å². The number of hydrogen-bond donors (Lipinski definition) is 1. The van der Waals surface area contributed by atoms with Crippen molar-refractivity contribution in [2.45, 2.75) is 20.0 Å². The molecule has 19 heavy (non-hydrogen) atoms. The van der Waals surface area contributed by atoms with Gasteiger partial charge in [0.25, 0.3) is 0 Å². The average molecular weight is 363 g/mol. The van der Waals surface area contributed by atoms with Gasteiger partial charge in [-0.1, -0.05) is 22.0 Å². The number of halogens is 2. The van der Waals surface area contributed by atoms with E-state index in [9.17, 15) is 0 Å². The molecule has 2 nitrogen and oxygen atoms in total. The van der Waals surface area contributed by atoms with Gasteiger partial charge < -0.3 is 10.1 Å². The van der Waals surface area contributed by atoms with Crippen LogP contribution in [0.25, 0.3) is 0 Å². The number of nitrogens with one attached hydrogen (secondary N) is 1. The molecule has 0 bridgehead atoms. The first-order valence-electron chi connectivity index (χ1n) is 5.94. The highest BCUT2D eigenvalue weighted by Gasteiger charge is 2.04. The van der Waals surface area contributed by atoms with E-state index in [1.807, 2.05) is 19.1 Å². The van der Waals surface area contributed by atoms with Crippen LogP contribution >= 0.6 is 39.7 Å². The van der Waals surface area contributed by atoms with Crippen LogP contribution in [0.1, 0.15) is 17.4 Å². The second kappa shape index (κ2) is 8.59. The smallest absolute Gasteiger partial charge is 0.123 e. The summed E-state index contributed by atoms with van der Waals surface area (Å²) in [7, 11) is 0. The summed E-state index contributed by atoms with van der Waals surface area (Å²) < 4.78 is 6.70. The van der Waals surface area contributed by atoms with Crippen molar-refractivity contribution in [1.82, 2.24) is 5.32 Å². The van der Waals surface area contributed by atoms with E-state index in [1.165, 1.54) is 10.4 Å². The van der Waals surface area contributed by atoms with Gasteiger partial charge in [0, 0.05) is 28.0 Å². The van der Waals surface area contributed by atoms with Crippen LogP contribution in [-0.4, -0.2) is 6.61 Å². The first-order chi connectivity index (χ1) is 8.79. The van der Waals surface area contributed by atoms with Gasteiger partial charge in [-0.3, -0.25) is 0 Å². The lowest BCUT2D eigenvalue weighted by molar-refractivity contribution is 0.335. The summed E-state index contributed by atoms with van der Waals surface area (Å²) in [4.78, 5) is 1.35. The summed E-state index contributed by atoms with van der Waals surface area (Å²) in [6.45, 7) is 4.41. The van der Waals surface area contributed by atoms with E-state index in [1.54, 1.807) is 11.3 Å². The highest BCUT2D eigenvalue weighted by molar-refractivity contribution is 9.10. The molecule has 0 saturated heterocycles. The zero-order valence-electron chi connectivity index (χ0n) is 10.7. The monoisotopic (exact) mass is 361 g/mol. The minimum absolute atomic E-state index is 0. The largest absolute Gasteiger partial charge is 0.494 e. The Hall–Kier alpha value is -0.550. The van der Waals surface area contributed by atoms with Gasteiger partial charge in [-0.2, -0.15) is 0 Å². The Labute approximate surface area is 132 Å². The van der Waals surface area contributed by atoms with Gasteiger partial charge in [0.05, 0.1) is 6.61 Å². The first kappa shape index (κ1) is 16.5. The zero-order chi connectivity index (χ0) is 12.8. The molecule has 0 amide bonds. The number of rotatable bonds is 6. The van der Waals surface area contributed by atoms with Crippen LogP contribution < -0.4 is 10.1 Å². The van der Waals surface area contributed by atoms with E-state index in [0.717, 1.165) is 23.3 Å². The number of ether oxygens (including phenoxy) is 1. The molecule has 1 heterocycles. The molecule has 0 saturated carbocycles. The number of thiophene rings is 1. The topological polar surface area (TPSA) is 21.3 Å². The molecule has 0 aliphatic carbocycles. The quantitative estimate of drug-likeness (QED) is 0.809. The molecular formula is C14H17BrClNOS. The summed E-state index contributed by atoms with van der Waals surface area (Å²) in [6.07, 6.45) is 0. The molecule has 0 unspecified atom stereocenters. The molecule has 5 heteroatoms. The molecule has 104 valence electrons. The van der Waals surface area contributed by atoms with Crippen molar-refractivity contribution in [3.63, 3.8) is 0 Å². The normalized spacial score (nSPS) is 10.0. The maximum Gasteiger partial charge on any atom is 0.123 e. The molecule has 0 spiro atoms. The van der Waals surface area contributed by atoms with Crippen molar-refractivity contribution >= 4 is 39.7 Å². The van der Waals surface area contributed by atoms with E-state index in [0.29, 0.717) is 6.61 Å². The molecule has 0 aliphatic heterocycles. The highest BCUT2D eigenvalue weighted by atomic mass is 79.9. The van der Waals surface area contributed by atoms with Gasteiger partial charge in [0.15, 0.2) is 0 Å². The van der Waals surface area contributed by atoms with Gasteiger partial charge in [0.2, 0.25) is 0 Å².